The molecule has 0 bridgehead atoms. The molecule has 1 saturated heterocycles. The van der Waals surface area contributed by atoms with E-state index in [-0.39, 0.29) is 1.43 Å². The summed E-state index contributed by atoms with van der Waals surface area (Å²) < 4.78 is 0. The van der Waals surface area contributed by atoms with Crippen LogP contribution in [0.3, 0.4) is 0 Å². The van der Waals surface area contributed by atoms with Gasteiger partial charge in [-0.25, -0.2) is 0 Å². The van der Waals surface area contributed by atoms with E-state index in [0.29, 0.717) is 6.04 Å². The monoisotopic (exact) mass is 284 g/mol. The van der Waals surface area contributed by atoms with Gasteiger partial charge in [0.25, 0.3) is 0 Å². The third kappa shape index (κ3) is 5.37. The van der Waals surface area contributed by atoms with Crippen LogP contribution >= 0.6 is 0 Å². The molecular weight excluding hydrogens is 244 g/mol. The van der Waals surface area contributed by atoms with Gasteiger partial charge in [0, 0.05) is 13.5 Å². The van der Waals surface area contributed by atoms with Crippen molar-refractivity contribution in [2.24, 2.45) is 5.41 Å². The number of hydrogen-bond acceptors (Lipinski definition) is 2. The Morgan fingerprint density at radius 3 is 2.10 bits per heavy atom. The summed E-state index contributed by atoms with van der Waals surface area (Å²) in [7, 11) is 0. The summed E-state index contributed by atoms with van der Waals surface area (Å²) in [5, 5.41) is 3.72. The highest BCUT2D eigenvalue weighted by atomic mass is 15.1. The molecule has 20 heavy (non-hydrogen) atoms. The molecule has 2 fully saturated rings. The summed E-state index contributed by atoms with van der Waals surface area (Å²) in [5.74, 6) is 0. The van der Waals surface area contributed by atoms with Gasteiger partial charge in [0.1, 0.15) is 0 Å². The zero-order chi connectivity index (χ0) is 15.0. The number of hydrogen-bond donors (Lipinski definition) is 1. The second-order valence-electron chi connectivity index (χ2n) is 6.94. The molecule has 2 heteroatoms. The van der Waals surface area contributed by atoms with Gasteiger partial charge in [-0.2, -0.15) is 0 Å². The van der Waals surface area contributed by atoms with Crippen molar-refractivity contribution in [3.8, 4) is 0 Å². The van der Waals surface area contributed by atoms with Crippen LogP contribution in [0.5, 0.6) is 0 Å². The maximum absolute atomic E-state index is 3.72. The van der Waals surface area contributed by atoms with Gasteiger partial charge in [0.05, 0.1) is 0 Å². The molecule has 0 aromatic heterocycles. The van der Waals surface area contributed by atoms with Crippen molar-refractivity contribution >= 4 is 0 Å². The molecule has 2 nitrogen and oxygen atoms in total. The Labute approximate surface area is 129 Å². The lowest BCUT2D eigenvalue weighted by Crippen LogP contribution is -2.45. The Kier molecular flexibility index (Phi) is 8.13. The van der Waals surface area contributed by atoms with E-state index in [1.54, 1.807) is 0 Å². The van der Waals surface area contributed by atoms with Gasteiger partial charge >= 0.3 is 0 Å². The fraction of sp³-hybridized carbons (Fsp3) is 1.00. The van der Waals surface area contributed by atoms with Gasteiger partial charge in [-0.3, -0.25) is 0 Å². The van der Waals surface area contributed by atoms with Crippen LogP contribution in [0.2, 0.25) is 0 Å². The van der Waals surface area contributed by atoms with E-state index in [4.69, 9.17) is 0 Å². The normalized spacial score (nSPS) is 23.7. The Hall–Kier alpha value is -0.0800. The van der Waals surface area contributed by atoms with Crippen molar-refractivity contribution in [3.05, 3.63) is 0 Å². The summed E-state index contributed by atoms with van der Waals surface area (Å²) in [5.41, 5.74) is 0.722. The summed E-state index contributed by atoms with van der Waals surface area (Å²) in [6.07, 6.45) is 9.99. The Morgan fingerprint density at radius 1 is 1.10 bits per heavy atom. The average Bonchev–Trinajstić information content (AvgIpc) is 2.46. The Bertz CT molecular complexity index is 238. The molecule has 2 rings (SSSR count). The van der Waals surface area contributed by atoms with Gasteiger partial charge in [-0.05, 0) is 70.0 Å². The number of nitrogens with one attached hydrogen (secondary N) is 1. The highest BCUT2D eigenvalue weighted by Crippen LogP contribution is 2.44. The topological polar surface area (TPSA) is 15.3 Å². The van der Waals surface area contributed by atoms with E-state index in [2.05, 4.69) is 31.0 Å². The minimum absolute atomic E-state index is 0. The predicted molar refractivity (Wildman–Crippen MR) is 92.4 cm³/mol. The first-order chi connectivity index (χ1) is 9.63. The molecule has 1 saturated carbocycles. The minimum atomic E-state index is 0. The van der Waals surface area contributed by atoms with Gasteiger partial charge in [0.2, 0.25) is 0 Å². The van der Waals surface area contributed by atoms with Crippen LogP contribution in [0.15, 0.2) is 0 Å². The molecule has 122 valence electrons. The molecule has 1 aliphatic heterocycles. The van der Waals surface area contributed by atoms with E-state index in [0.717, 1.165) is 11.5 Å². The van der Waals surface area contributed by atoms with Gasteiger partial charge in [-0.15, -0.1) is 0 Å². The third-order valence-corrected chi connectivity index (χ3v) is 5.07. The summed E-state index contributed by atoms with van der Waals surface area (Å²) in [6.45, 7) is 14.9. The van der Waals surface area contributed by atoms with Gasteiger partial charge in [0.15, 0.2) is 0 Å². The highest BCUT2D eigenvalue weighted by molar-refractivity contribution is 4.92. The first-order valence-corrected chi connectivity index (χ1v) is 9.12. The molecule has 1 aliphatic carbocycles. The molecular formula is C18H40N2. The predicted octanol–water partition coefficient (Wildman–Crippen LogP) is 4.69. The maximum Gasteiger partial charge on any atom is 0.00698 e. The van der Waals surface area contributed by atoms with Crippen LogP contribution in [0, 0.1) is 5.41 Å². The van der Waals surface area contributed by atoms with Crippen molar-refractivity contribution in [1.29, 1.82) is 0 Å². The molecule has 0 amide bonds. The lowest BCUT2D eigenvalue weighted by Gasteiger charge is -2.46. The zero-order valence-electron chi connectivity index (χ0n) is 14.7. The summed E-state index contributed by atoms with van der Waals surface area (Å²) >= 11 is 0. The second-order valence-corrected chi connectivity index (χ2v) is 6.94. The average molecular weight is 285 g/mol. The molecule has 0 radical (unpaired) electrons. The number of rotatable bonds is 4. The second kappa shape index (κ2) is 9.04. The number of nitrogens with zero attached hydrogens (tertiary/aromatic N) is 1. The highest BCUT2D eigenvalue weighted by Gasteiger charge is 2.37. The molecule has 1 spiro atoms. The van der Waals surface area contributed by atoms with Crippen molar-refractivity contribution in [2.45, 2.75) is 91.6 Å². The summed E-state index contributed by atoms with van der Waals surface area (Å²) in [4.78, 5) is 2.67. The van der Waals surface area contributed by atoms with E-state index in [1.807, 2.05) is 13.8 Å². The first-order valence-electron chi connectivity index (χ1n) is 9.12. The van der Waals surface area contributed by atoms with E-state index < -0.39 is 0 Å². The van der Waals surface area contributed by atoms with Crippen LogP contribution in [0.4, 0.5) is 0 Å². The molecule has 0 unspecified atom stereocenters. The van der Waals surface area contributed by atoms with Crippen molar-refractivity contribution in [2.75, 3.05) is 19.6 Å². The van der Waals surface area contributed by atoms with Crippen LogP contribution in [-0.4, -0.2) is 36.6 Å². The lowest BCUT2D eigenvalue weighted by atomic mass is 9.67. The van der Waals surface area contributed by atoms with Crippen molar-refractivity contribution < 1.29 is 1.43 Å². The minimum Gasteiger partial charge on any atom is -0.312 e. The zero-order valence-corrected chi connectivity index (χ0v) is 14.7. The van der Waals surface area contributed by atoms with Crippen molar-refractivity contribution in [3.63, 3.8) is 0 Å². The van der Waals surface area contributed by atoms with E-state index in [1.165, 1.54) is 64.6 Å². The van der Waals surface area contributed by atoms with Gasteiger partial charge < -0.3 is 10.2 Å². The molecule has 0 atom stereocenters. The smallest absolute Gasteiger partial charge is 0.00698 e. The van der Waals surface area contributed by atoms with Crippen LogP contribution in [0.1, 0.15) is 81.0 Å². The molecule has 2 aliphatic rings. The fourth-order valence-corrected chi connectivity index (χ4v) is 3.94. The van der Waals surface area contributed by atoms with E-state index >= 15 is 0 Å². The van der Waals surface area contributed by atoms with Crippen LogP contribution in [0.25, 0.3) is 0 Å². The first kappa shape index (κ1) is 18.0. The molecule has 0 aromatic carbocycles. The standard InChI is InChI=1S/C16H32N2.C2H6.H2/c1-4-11-18-12-9-16(10-13-18)7-5-15(6-8-16)17-14(2)3;1-2;/h14-15,17H,4-13H2,1-3H3;1-2H3;1H. The summed E-state index contributed by atoms with van der Waals surface area (Å²) in [6, 6.07) is 1.44. The SMILES string of the molecule is CC.CCCN1CCC2(CCC(NC(C)C)CC2)CC1.[HH]. The van der Waals surface area contributed by atoms with Crippen LogP contribution in [-0.2, 0) is 0 Å². The largest absolute Gasteiger partial charge is 0.312 e. The lowest BCUT2D eigenvalue weighted by molar-refractivity contribution is 0.0576. The van der Waals surface area contributed by atoms with Crippen LogP contribution < -0.4 is 5.32 Å². The molecule has 0 aromatic rings. The maximum atomic E-state index is 3.72. The number of likely N-dealkylation sites (tertiary alicyclic amines) is 1. The third-order valence-electron chi connectivity index (χ3n) is 5.07. The fourth-order valence-electron chi connectivity index (χ4n) is 3.94. The number of piperidine rings is 1. The molecule has 1 N–H and O–H groups in total. The van der Waals surface area contributed by atoms with E-state index in [9.17, 15) is 0 Å². The Morgan fingerprint density at radius 2 is 1.65 bits per heavy atom. The Balaban J connectivity index is 0.00000128. The quantitative estimate of drug-likeness (QED) is 0.805. The van der Waals surface area contributed by atoms with Crippen molar-refractivity contribution in [1.82, 2.24) is 10.2 Å². The van der Waals surface area contributed by atoms with Gasteiger partial charge in [-0.1, -0.05) is 34.6 Å². The molecule has 1 heterocycles.